The van der Waals surface area contributed by atoms with E-state index in [9.17, 15) is 14.9 Å². The number of aromatic nitrogens is 2. The molecule has 8 heteroatoms. The number of hydrogen-bond acceptors (Lipinski definition) is 5. The predicted molar refractivity (Wildman–Crippen MR) is 129 cm³/mol. The van der Waals surface area contributed by atoms with Crippen molar-refractivity contribution in [3.63, 3.8) is 0 Å². The smallest absolute Gasteiger partial charge is 0.270 e. The lowest BCUT2D eigenvalue weighted by Crippen LogP contribution is -2.31. The third-order valence-corrected chi connectivity index (χ3v) is 5.93. The second-order valence-electron chi connectivity index (χ2n) is 8.73. The zero-order valence-electron chi connectivity index (χ0n) is 19.0. The molecule has 2 aromatic carbocycles. The van der Waals surface area contributed by atoms with Gasteiger partial charge < -0.3 is 14.8 Å². The van der Waals surface area contributed by atoms with Crippen molar-refractivity contribution in [1.29, 1.82) is 0 Å². The van der Waals surface area contributed by atoms with Gasteiger partial charge in [-0.3, -0.25) is 14.9 Å². The largest absolute Gasteiger partial charge is 0.371 e. The van der Waals surface area contributed by atoms with Gasteiger partial charge in [-0.05, 0) is 43.0 Å². The maximum atomic E-state index is 13.2. The minimum Gasteiger partial charge on any atom is -0.371 e. The van der Waals surface area contributed by atoms with Gasteiger partial charge in [0.1, 0.15) is 5.82 Å². The molecule has 0 unspecified atom stereocenters. The van der Waals surface area contributed by atoms with Gasteiger partial charge in [-0.2, -0.15) is 0 Å². The summed E-state index contributed by atoms with van der Waals surface area (Å²) in [6, 6.07) is 12.2. The molecule has 1 amide bonds. The summed E-state index contributed by atoms with van der Waals surface area (Å²) >= 11 is 0. The Kier molecular flexibility index (Phi) is 6.72. The van der Waals surface area contributed by atoms with Crippen molar-refractivity contribution >= 4 is 23.0 Å². The molecule has 0 aliphatic carbocycles. The van der Waals surface area contributed by atoms with Crippen LogP contribution in [0.3, 0.4) is 0 Å². The van der Waals surface area contributed by atoms with E-state index in [1.807, 2.05) is 30.5 Å². The van der Waals surface area contributed by atoms with Crippen molar-refractivity contribution in [2.45, 2.75) is 45.6 Å². The molecule has 0 bridgehead atoms. The van der Waals surface area contributed by atoms with Gasteiger partial charge in [-0.15, -0.1) is 0 Å². The number of piperidine rings is 1. The molecule has 0 radical (unpaired) electrons. The van der Waals surface area contributed by atoms with Gasteiger partial charge in [0, 0.05) is 55.8 Å². The molecule has 0 saturated carbocycles. The molecule has 0 spiro atoms. The van der Waals surface area contributed by atoms with Crippen molar-refractivity contribution in [3.8, 4) is 0 Å². The predicted octanol–water partition coefficient (Wildman–Crippen LogP) is 5.21. The highest BCUT2D eigenvalue weighted by Gasteiger charge is 2.22. The normalized spacial score (nSPS) is 13.8. The first-order valence-corrected chi connectivity index (χ1v) is 11.4. The Bertz CT molecular complexity index is 1150. The first kappa shape index (κ1) is 22.5. The van der Waals surface area contributed by atoms with E-state index in [0.717, 1.165) is 49.4 Å². The Morgan fingerprint density at radius 3 is 2.67 bits per heavy atom. The summed E-state index contributed by atoms with van der Waals surface area (Å²) in [6.45, 7) is 6.54. The third kappa shape index (κ3) is 5.22. The molecular formula is C25H29N5O3. The average molecular weight is 448 g/mol. The highest BCUT2D eigenvalue weighted by atomic mass is 16.6. The van der Waals surface area contributed by atoms with Crippen molar-refractivity contribution in [2.75, 3.05) is 23.3 Å². The van der Waals surface area contributed by atoms with Gasteiger partial charge in [-0.25, -0.2) is 4.98 Å². The lowest BCUT2D eigenvalue weighted by Gasteiger charge is -2.30. The van der Waals surface area contributed by atoms with Crippen molar-refractivity contribution in [1.82, 2.24) is 9.55 Å². The highest BCUT2D eigenvalue weighted by Crippen LogP contribution is 2.29. The van der Waals surface area contributed by atoms with Gasteiger partial charge in [0.25, 0.3) is 11.6 Å². The third-order valence-electron chi connectivity index (χ3n) is 5.93. The van der Waals surface area contributed by atoms with Crippen LogP contribution in [0, 0.1) is 10.1 Å². The molecule has 2 heterocycles. The van der Waals surface area contributed by atoms with E-state index < -0.39 is 4.92 Å². The number of hydrogen-bond donors (Lipinski definition) is 1. The number of anilines is 2. The Labute approximate surface area is 193 Å². The zero-order valence-corrected chi connectivity index (χ0v) is 19.0. The fourth-order valence-corrected chi connectivity index (χ4v) is 4.33. The number of benzene rings is 2. The summed E-state index contributed by atoms with van der Waals surface area (Å²) in [7, 11) is 0. The summed E-state index contributed by atoms with van der Waals surface area (Å²) < 4.78 is 2.10. The lowest BCUT2D eigenvalue weighted by atomic mass is 10.1. The zero-order chi connectivity index (χ0) is 23.4. The topological polar surface area (TPSA) is 93.3 Å². The number of nitrogens with zero attached hydrogens (tertiary/aromatic N) is 4. The number of rotatable bonds is 7. The minimum absolute atomic E-state index is 0.0871. The first-order chi connectivity index (χ1) is 15.9. The molecule has 1 aliphatic heterocycles. The van der Waals surface area contributed by atoms with Crippen LogP contribution in [-0.2, 0) is 6.54 Å². The molecule has 0 atom stereocenters. The summed E-state index contributed by atoms with van der Waals surface area (Å²) in [4.78, 5) is 30.7. The molecule has 33 heavy (non-hydrogen) atoms. The number of imidazole rings is 1. The number of non-ortho nitro benzene ring substituents is 1. The Morgan fingerprint density at radius 2 is 1.94 bits per heavy atom. The van der Waals surface area contributed by atoms with E-state index in [4.69, 9.17) is 0 Å². The molecule has 1 N–H and O–H groups in total. The Balaban J connectivity index is 1.58. The number of nitro benzene ring substituents is 1. The van der Waals surface area contributed by atoms with Crippen LogP contribution in [0.4, 0.5) is 17.1 Å². The summed E-state index contributed by atoms with van der Waals surface area (Å²) in [6.07, 6.45) is 7.01. The number of nitrogens with one attached hydrogen (secondary N) is 1. The van der Waals surface area contributed by atoms with Crippen LogP contribution >= 0.6 is 0 Å². The lowest BCUT2D eigenvalue weighted by molar-refractivity contribution is -0.384. The van der Waals surface area contributed by atoms with Crippen LogP contribution in [0.5, 0.6) is 0 Å². The van der Waals surface area contributed by atoms with Gasteiger partial charge in [0.15, 0.2) is 0 Å². The number of nitro groups is 1. The minimum atomic E-state index is -0.463. The molecule has 1 fully saturated rings. The second kappa shape index (κ2) is 9.85. The van der Waals surface area contributed by atoms with Gasteiger partial charge in [0.2, 0.25) is 0 Å². The summed E-state index contributed by atoms with van der Waals surface area (Å²) in [5, 5.41) is 14.3. The SMILES string of the molecule is CC(C)c1nccn1Cc1cccc(NC(=O)c2cc([N+](=O)[O-])ccc2N2CCCCC2)c1. The maximum Gasteiger partial charge on any atom is 0.270 e. The van der Waals surface area contributed by atoms with Crippen LogP contribution < -0.4 is 10.2 Å². The molecule has 1 aliphatic rings. The first-order valence-electron chi connectivity index (χ1n) is 11.4. The molecule has 172 valence electrons. The molecular weight excluding hydrogens is 418 g/mol. The second-order valence-corrected chi connectivity index (χ2v) is 8.73. The van der Waals surface area contributed by atoms with Gasteiger partial charge in [0.05, 0.1) is 16.2 Å². The summed E-state index contributed by atoms with van der Waals surface area (Å²) in [5.74, 6) is 0.971. The quantitative estimate of drug-likeness (QED) is 0.397. The van der Waals surface area contributed by atoms with E-state index >= 15 is 0 Å². The average Bonchev–Trinajstić information content (AvgIpc) is 3.28. The van der Waals surface area contributed by atoms with Crippen molar-refractivity contribution in [2.24, 2.45) is 0 Å². The van der Waals surface area contributed by atoms with E-state index in [2.05, 4.69) is 33.6 Å². The van der Waals surface area contributed by atoms with Gasteiger partial charge in [-0.1, -0.05) is 26.0 Å². The van der Waals surface area contributed by atoms with E-state index in [1.165, 1.54) is 12.1 Å². The molecule has 3 aromatic rings. The fraction of sp³-hybridized carbons (Fsp3) is 0.360. The van der Waals surface area contributed by atoms with Crippen molar-refractivity contribution in [3.05, 3.63) is 81.9 Å². The standard InChI is InChI=1S/C25H29N5O3/c1-18(2)24-26-11-14-29(24)17-19-7-6-8-20(15-19)27-25(31)22-16-21(30(32)33)9-10-23(22)28-12-4-3-5-13-28/h6-11,14-16,18H,3-5,12-13,17H2,1-2H3,(H,27,31). The molecule has 1 aromatic heterocycles. The Hall–Kier alpha value is -3.68. The number of carbonyl (C=O) groups excluding carboxylic acids is 1. The van der Waals surface area contributed by atoms with Crippen molar-refractivity contribution < 1.29 is 9.72 Å². The van der Waals surface area contributed by atoms with E-state index in [-0.39, 0.29) is 11.6 Å². The summed E-state index contributed by atoms with van der Waals surface area (Å²) in [5.41, 5.74) is 2.67. The molecule has 4 rings (SSSR count). The van der Waals surface area contributed by atoms with Crippen LogP contribution in [0.1, 0.15) is 60.8 Å². The highest BCUT2D eigenvalue weighted by molar-refractivity contribution is 6.08. The monoisotopic (exact) mass is 447 g/mol. The van der Waals surface area contributed by atoms with E-state index in [1.54, 1.807) is 12.3 Å². The Morgan fingerprint density at radius 1 is 1.15 bits per heavy atom. The van der Waals surface area contributed by atoms with Crippen LogP contribution in [0.2, 0.25) is 0 Å². The number of carbonyl (C=O) groups is 1. The van der Waals surface area contributed by atoms with Crippen LogP contribution in [0.15, 0.2) is 54.9 Å². The molecule has 1 saturated heterocycles. The maximum absolute atomic E-state index is 13.2. The van der Waals surface area contributed by atoms with Crippen LogP contribution in [-0.4, -0.2) is 33.5 Å². The number of amides is 1. The van der Waals surface area contributed by atoms with Gasteiger partial charge >= 0.3 is 0 Å². The van der Waals surface area contributed by atoms with Crippen LogP contribution in [0.25, 0.3) is 0 Å². The van der Waals surface area contributed by atoms with E-state index in [0.29, 0.717) is 23.7 Å². The molecule has 8 nitrogen and oxygen atoms in total. The fourth-order valence-electron chi connectivity index (χ4n) is 4.33.